The van der Waals surface area contributed by atoms with Crippen LogP contribution in [0.3, 0.4) is 0 Å². The number of likely N-dealkylation sites (N-methyl/N-ethyl adjacent to an activating group) is 1. The van der Waals surface area contributed by atoms with Crippen molar-refractivity contribution in [3.05, 3.63) is 88.7 Å². The summed E-state index contributed by atoms with van der Waals surface area (Å²) in [5.41, 5.74) is 15.0. The number of aliphatic hydroxyl groups excluding tert-OH is 1. The molecule has 366 valence electrons. The largest absolute Gasteiger partial charge is 0.492 e. The number of carbonyl (C=O) groups excluding carboxylic acids is 5. The Labute approximate surface area is 401 Å². The van der Waals surface area contributed by atoms with Crippen LogP contribution in [-0.2, 0) is 25.6 Å². The molecule has 0 radical (unpaired) electrons. The summed E-state index contributed by atoms with van der Waals surface area (Å²) in [7, 11) is 1.38. The second-order valence-electron chi connectivity index (χ2n) is 17.1. The molecule has 3 aromatic carbocycles. The lowest BCUT2D eigenvalue weighted by molar-refractivity contribution is -0.142. The minimum Gasteiger partial charge on any atom is -0.492 e. The number of ether oxygens (including phenoxy) is 3. The third kappa shape index (κ3) is 12.9. The van der Waals surface area contributed by atoms with E-state index in [1.807, 2.05) is 30.3 Å². The van der Waals surface area contributed by atoms with Crippen molar-refractivity contribution in [1.82, 2.24) is 36.1 Å². The predicted molar refractivity (Wildman–Crippen MR) is 256 cm³/mol. The number of aliphatic hydroxyl groups is 1. The van der Waals surface area contributed by atoms with Crippen LogP contribution in [0.25, 0.3) is 22.5 Å². The van der Waals surface area contributed by atoms with E-state index in [1.165, 1.54) is 20.4 Å². The van der Waals surface area contributed by atoms with Crippen LogP contribution < -0.4 is 46.9 Å². The molecule has 5 amide bonds. The van der Waals surface area contributed by atoms with Gasteiger partial charge in [-0.2, -0.15) is 5.26 Å². The van der Waals surface area contributed by atoms with Gasteiger partial charge in [-0.05, 0) is 113 Å². The summed E-state index contributed by atoms with van der Waals surface area (Å²) in [5.74, 6) is -1.65. The van der Waals surface area contributed by atoms with Crippen LogP contribution in [0, 0.1) is 25.2 Å². The fraction of sp³-hybridized carbons (Fsp3) is 0.440. The maximum Gasteiger partial charge on any atom is 0.255 e. The van der Waals surface area contributed by atoms with E-state index in [2.05, 4.69) is 31.2 Å². The van der Waals surface area contributed by atoms with E-state index in [9.17, 15) is 34.3 Å². The first-order valence-electron chi connectivity index (χ1n) is 23.3. The number of benzene rings is 3. The second kappa shape index (κ2) is 24.2. The number of nitriles is 1. The maximum atomic E-state index is 14.7. The number of nitrogens with two attached hydrogens (primary N) is 2. The monoisotopic (exact) mass is 946 g/mol. The number of hydrogen-bond acceptors (Lipinski definition) is 14. The number of nitrogens with one attached hydrogen (secondary N) is 4. The van der Waals surface area contributed by atoms with Gasteiger partial charge < -0.3 is 57.0 Å². The van der Waals surface area contributed by atoms with Crippen molar-refractivity contribution < 1.29 is 43.3 Å². The Bertz CT molecular complexity index is 2500. The lowest BCUT2D eigenvalue weighted by Crippen LogP contribution is -2.56. The number of aromatic nitrogens is 2. The molecule has 1 aliphatic heterocycles. The van der Waals surface area contributed by atoms with Gasteiger partial charge in [0, 0.05) is 49.9 Å². The molecule has 1 fully saturated rings. The summed E-state index contributed by atoms with van der Waals surface area (Å²) >= 11 is 0. The minimum absolute atomic E-state index is 0.0103. The summed E-state index contributed by atoms with van der Waals surface area (Å²) < 4.78 is 18.4. The van der Waals surface area contributed by atoms with E-state index >= 15 is 0 Å². The molecule has 69 heavy (non-hydrogen) atoms. The third-order valence-electron chi connectivity index (χ3n) is 12.0. The molecule has 9 N–H and O–H groups in total. The molecule has 19 heteroatoms. The molecule has 19 nitrogen and oxygen atoms in total. The molecule has 4 aromatic rings. The van der Waals surface area contributed by atoms with Crippen molar-refractivity contribution >= 4 is 29.5 Å². The zero-order chi connectivity index (χ0) is 49.6. The van der Waals surface area contributed by atoms with E-state index in [-0.39, 0.29) is 62.9 Å². The topological polar surface area (TPSA) is 286 Å². The van der Waals surface area contributed by atoms with Gasteiger partial charge in [-0.15, -0.1) is 0 Å². The van der Waals surface area contributed by atoms with Gasteiger partial charge >= 0.3 is 0 Å². The molecule has 1 aromatic heterocycles. The fourth-order valence-electron chi connectivity index (χ4n) is 8.55. The van der Waals surface area contributed by atoms with Crippen LogP contribution in [0.15, 0.2) is 60.7 Å². The molecule has 0 spiro atoms. The number of aryl methyl sites for hydroxylation is 2. The van der Waals surface area contributed by atoms with Crippen LogP contribution in [0.5, 0.6) is 17.2 Å². The van der Waals surface area contributed by atoms with Gasteiger partial charge in [-0.25, -0.2) is 9.97 Å². The van der Waals surface area contributed by atoms with E-state index in [4.69, 9.17) is 25.7 Å². The van der Waals surface area contributed by atoms with Crippen molar-refractivity contribution in [2.75, 3.05) is 46.5 Å². The summed E-state index contributed by atoms with van der Waals surface area (Å²) in [6.45, 7) is 4.56. The van der Waals surface area contributed by atoms with Crippen molar-refractivity contribution in [2.45, 2.75) is 96.0 Å². The molecular formula is C50H62N10O9. The van der Waals surface area contributed by atoms with Crippen LogP contribution >= 0.6 is 0 Å². The first-order valence-corrected chi connectivity index (χ1v) is 23.3. The Morgan fingerprint density at radius 2 is 1.54 bits per heavy atom. The molecule has 1 unspecified atom stereocenters. The molecule has 6 rings (SSSR count). The zero-order valence-electron chi connectivity index (χ0n) is 39.5. The van der Waals surface area contributed by atoms with Gasteiger partial charge in [-0.1, -0.05) is 18.6 Å². The van der Waals surface area contributed by atoms with Crippen LogP contribution in [-0.4, -0.2) is 120 Å². The van der Waals surface area contributed by atoms with E-state index < -0.39 is 60.3 Å². The van der Waals surface area contributed by atoms with Gasteiger partial charge in [0.05, 0.1) is 29.1 Å². The first-order chi connectivity index (χ1) is 33.3. The Kier molecular flexibility index (Phi) is 18.0. The molecule has 1 aliphatic carbocycles. The van der Waals surface area contributed by atoms with Gasteiger partial charge in [0.15, 0.2) is 5.82 Å². The first kappa shape index (κ1) is 51.3. The van der Waals surface area contributed by atoms with Gasteiger partial charge in [0.2, 0.25) is 23.6 Å². The van der Waals surface area contributed by atoms with Gasteiger partial charge in [-0.3, -0.25) is 24.0 Å². The number of nitrogens with zero attached hydrogens (tertiary/aromatic N) is 4. The highest BCUT2D eigenvalue weighted by Crippen LogP contribution is 2.40. The van der Waals surface area contributed by atoms with E-state index in [1.54, 1.807) is 50.2 Å². The lowest BCUT2D eigenvalue weighted by atomic mass is 9.93. The fourth-order valence-corrected chi connectivity index (χ4v) is 8.55. The number of fused-ring (bicyclic) bond motifs is 5. The smallest absolute Gasteiger partial charge is 0.255 e. The molecule has 4 atom stereocenters. The highest BCUT2D eigenvalue weighted by molar-refractivity contribution is 6.00. The Morgan fingerprint density at radius 3 is 2.16 bits per heavy atom. The molecule has 0 saturated heterocycles. The van der Waals surface area contributed by atoms with Crippen molar-refractivity contribution in [2.24, 2.45) is 11.5 Å². The summed E-state index contributed by atoms with van der Waals surface area (Å²) in [5, 5.41) is 30.0. The standard InChI is InChI=1S/C50H62N10O9/c1-29-43(30(2)56-45(55-29)33-11-14-36(15-12-33)69-35-8-6-5-7-9-35)48(64)58-39(18-23-61)50(66)60(4)44-34-13-17-42(68-25-21-53)38(28-34)37-26-32(10-16-41(37)67-24-20-52)27-40(47(63)54-22-19-51)59-46(62)31(3)57-49(44)65/h10-17,26,28,31,35,39-40,44,61H,5-9,18,20-25,27,52-53H2,1-4H3,(H,54,63)(H,57,65)(H,58,64)(H,59,62)/t31-,39?,40-,44-/m0/s1. The maximum absolute atomic E-state index is 14.7. The second-order valence-corrected chi connectivity index (χ2v) is 17.1. The normalized spacial score (nSPS) is 17.7. The summed E-state index contributed by atoms with van der Waals surface area (Å²) in [6.07, 6.45) is 5.55. The van der Waals surface area contributed by atoms with E-state index in [0.29, 0.717) is 45.4 Å². The molecule has 4 bridgehead atoms. The lowest BCUT2D eigenvalue weighted by Gasteiger charge is -2.32. The van der Waals surface area contributed by atoms with E-state index in [0.717, 1.165) is 41.9 Å². The molecule has 1 saturated carbocycles. The van der Waals surface area contributed by atoms with Crippen molar-refractivity contribution in [3.63, 3.8) is 0 Å². The Hall–Kier alpha value is -7.14. The van der Waals surface area contributed by atoms with Crippen LogP contribution in [0.1, 0.15) is 84.4 Å². The third-order valence-corrected chi connectivity index (χ3v) is 12.0. The van der Waals surface area contributed by atoms with Crippen molar-refractivity contribution in [3.8, 4) is 45.8 Å². The predicted octanol–water partition coefficient (Wildman–Crippen LogP) is 2.68. The number of hydrogen-bond donors (Lipinski definition) is 7. The zero-order valence-corrected chi connectivity index (χ0v) is 39.5. The van der Waals surface area contributed by atoms with Gasteiger partial charge in [0.25, 0.3) is 5.91 Å². The summed E-state index contributed by atoms with van der Waals surface area (Å²) in [6, 6.07) is 14.2. The van der Waals surface area contributed by atoms with Gasteiger partial charge in [0.1, 0.15) is 61.2 Å². The highest BCUT2D eigenvalue weighted by Gasteiger charge is 2.36. The molecular weight excluding hydrogens is 885 g/mol. The van der Waals surface area contributed by atoms with Crippen LogP contribution in [0.2, 0.25) is 0 Å². The quantitative estimate of drug-likeness (QED) is 0.0750. The average molecular weight is 947 g/mol. The molecule has 2 heterocycles. The Morgan fingerprint density at radius 1 is 0.899 bits per heavy atom. The highest BCUT2D eigenvalue weighted by atomic mass is 16.5. The SMILES string of the molecule is Cc1nc(-c2ccc(OC3CCCCC3)cc2)nc(C)c1C(=O)NC(CCO)C(=O)N(C)[C@@H]1C(=O)N[C@@H](C)C(=O)N[C@H](C(=O)NCC#N)Cc2ccc(OCCN)c(c2)-c2cc1ccc2OCCN. The average Bonchev–Trinajstić information content (AvgIpc) is 3.34. The van der Waals surface area contributed by atoms with Crippen LogP contribution in [0.4, 0.5) is 0 Å². The number of carbonyl (C=O) groups is 5. The Balaban J connectivity index is 1.34. The number of rotatable bonds is 17. The number of amides is 5. The molecule has 2 aliphatic rings. The minimum atomic E-state index is -1.45. The summed E-state index contributed by atoms with van der Waals surface area (Å²) in [4.78, 5) is 81.0. The van der Waals surface area contributed by atoms with Crippen molar-refractivity contribution in [1.29, 1.82) is 5.26 Å².